The molecule has 4 heteroatoms. The number of hydrogen-bond acceptors (Lipinski definition) is 3. The van der Waals surface area contributed by atoms with Gasteiger partial charge in [0.05, 0.1) is 5.75 Å². The molecule has 0 saturated heterocycles. The third-order valence-corrected chi connectivity index (χ3v) is 2.64. The molecule has 13 heavy (non-hydrogen) atoms. The first-order valence-electron chi connectivity index (χ1n) is 4.34. The van der Waals surface area contributed by atoms with Gasteiger partial charge in [0.1, 0.15) is 9.84 Å². The summed E-state index contributed by atoms with van der Waals surface area (Å²) in [4.78, 5) is 0. The molecular weight excluding hydrogens is 186 g/mol. The van der Waals surface area contributed by atoms with Crippen LogP contribution in [-0.2, 0) is 9.84 Å². The maximum Gasteiger partial charge on any atom is 0.148 e. The van der Waals surface area contributed by atoms with Gasteiger partial charge in [-0.05, 0) is 13.0 Å². The average molecular weight is 203 g/mol. The molecule has 0 radical (unpaired) electrons. The van der Waals surface area contributed by atoms with Crippen molar-refractivity contribution in [2.24, 2.45) is 0 Å². The highest BCUT2D eigenvalue weighted by molar-refractivity contribution is 7.90. The van der Waals surface area contributed by atoms with Crippen LogP contribution in [0.4, 0.5) is 0 Å². The van der Waals surface area contributed by atoms with Crippen molar-refractivity contribution in [2.75, 3.05) is 18.6 Å². The minimum atomic E-state index is -2.91. The van der Waals surface area contributed by atoms with Gasteiger partial charge in [0, 0.05) is 18.7 Å². The molecule has 0 rings (SSSR count). The van der Waals surface area contributed by atoms with E-state index < -0.39 is 9.84 Å². The summed E-state index contributed by atoms with van der Waals surface area (Å²) < 4.78 is 22.0. The molecule has 3 nitrogen and oxygen atoms in total. The summed E-state index contributed by atoms with van der Waals surface area (Å²) in [6.45, 7) is 2.72. The van der Waals surface area contributed by atoms with Crippen LogP contribution in [0, 0.1) is 12.3 Å². The lowest BCUT2D eigenvalue weighted by Crippen LogP contribution is -2.35. The zero-order chi connectivity index (χ0) is 10.3. The van der Waals surface area contributed by atoms with Crippen LogP contribution in [0.5, 0.6) is 0 Å². The first-order chi connectivity index (χ1) is 5.99. The van der Waals surface area contributed by atoms with E-state index in [0.717, 1.165) is 13.0 Å². The second kappa shape index (κ2) is 6.01. The monoisotopic (exact) mass is 203 g/mol. The predicted octanol–water partition coefficient (Wildman–Crippen LogP) is 0.422. The molecule has 0 heterocycles. The molecule has 0 aromatic heterocycles. The highest BCUT2D eigenvalue weighted by Crippen LogP contribution is 1.99. The fourth-order valence-corrected chi connectivity index (χ4v) is 2.17. The van der Waals surface area contributed by atoms with Crippen molar-refractivity contribution in [2.45, 2.75) is 25.8 Å². The maximum absolute atomic E-state index is 11.0. The van der Waals surface area contributed by atoms with Crippen LogP contribution in [0.1, 0.15) is 19.8 Å². The molecule has 0 aromatic rings. The van der Waals surface area contributed by atoms with Gasteiger partial charge in [0.15, 0.2) is 0 Å². The van der Waals surface area contributed by atoms with Crippen molar-refractivity contribution in [1.29, 1.82) is 0 Å². The molecule has 0 aliphatic rings. The van der Waals surface area contributed by atoms with Crippen LogP contribution in [0.25, 0.3) is 0 Å². The Balaban J connectivity index is 4.03. The van der Waals surface area contributed by atoms with Crippen LogP contribution in [0.2, 0.25) is 0 Å². The third-order valence-electron chi connectivity index (χ3n) is 1.63. The summed E-state index contributed by atoms with van der Waals surface area (Å²) in [6, 6.07) is -0.00366. The molecule has 0 aliphatic heterocycles. The largest absolute Gasteiger partial charge is 0.313 e. The molecule has 1 N–H and O–H groups in total. The van der Waals surface area contributed by atoms with E-state index in [1.165, 1.54) is 6.26 Å². The Morgan fingerprint density at radius 1 is 1.54 bits per heavy atom. The van der Waals surface area contributed by atoms with Gasteiger partial charge < -0.3 is 5.32 Å². The number of nitrogens with one attached hydrogen (secondary N) is 1. The first-order valence-corrected chi connectivity index (χ1v) is 6.40. The van der Waals surface area contributed by atoms with Gasteiger partial charge in [-0.15, -0.1) is 12.3 Å². The van der Waals surface area contributed by atoms with Crippen molar-refractivity contribution in [3.05, 3.63) is 0 Å². The molecule has 0 bridgehead atoms. The quantitative estimate of drug-likeness (QED) is 0.636. The van der Waals surface area contributed by atoms with Crippen LogP contribution in [0.15, 0.2) is 0 Å². The Kier molecular flexibility index (Phi) is 5.76. The van der Waals surface area contributed by atoms with E-state index in [1.54, 1.807) is 0 Å². The van der Waals surface area contributed by atoms with E-state index in [0.29, 0.717) is 6.42 Å². The third kappa shape index (κ3) is 7.82. The van der Waals surface area contributed by atoms with E-state index in [9.17, 15) is 8.42 Å². The fourth-order valence-electron chi connectivity index (χ4n) is 1.16. The van der Waals surface area contributed by atoms with Crippen molar-refractivity contribution in [3.63, 3.8) is 0 Å². The Morgan fingerprint density at radius 3 is 2.54 bits per heavy atom. The van der Waals surface area contributed by atoms with E-state index >= 15 is 0 Å². The fraction of sp³-hybridized carbons (Fsp3) is 0.778. The highest BCUT2D eigenvalue weighted by Gasteiger charge is 2.13. The minimum Gasteiger partial charge on any atom is -0.313 e. The molecule has 0 amide bonds. The smallest absolute Gasteiger partial charge is 0.148 e. The summed E-state index contributed by atoms with van der Waals surface area (Å²) in [5, 5.41) is 3.10. The van der Waals surface area contributed by atoms with Gasteiger partial charge in [-0.2, -0.15) is 0 Å². The summed E-state index contributed by atoms with van der Waals surface area (Å²) in [7, 11) is -2.91. The molecule has 0 fully saturated rings. The van der Waals surface area contributed by atoms with E-state index in [4.69, 9.17) is 6.42 Å². The summed E-state index contributed by atoms with van der Waals surface area (Å²) in [5.74, 6) is 2.68. The van der Waals surface area contributed by atoms with Gasteiger partial charge >= 0.3 is 0 Å². The maximum atomic E-state index is 11.0. The van der Waals surface area contributed by atoms with Gasteiger partial charge in [-0.25, -0.2) is 8.42 Å². The number of rotatable bonds is 6. The van der Waals surface area contributed by atoms with E-state index in [2.05, 4.69) is 11.2 Å². The lowest BCUT2D eigenvalue weighted by Gasteiger charge is -2.14. The topological polar surface area (TPSA) is 46.2 Å². The number of hydrogen-bond donors (Lipinski definition) is 1. The summed E-state index contributed by atoms with van der Waals surface area (Å²) in [6.07, 6.45) is 7.69. The molecule has 0 aliphatic carbocycles. The molecule has 1 atom stereocenters. The normalized spacial score (nSPS) is 13.6. The minimum absolute atomic E-state index is 0.00366. The zero-order valence-electron chi connectivity index (χ0n) is 8.21. The van der Waals surface area contributed by atoms with Crippen LogP contribution >= 0.6 is 0 Å². The second-order valence-electron chi connectivity index (χ2n) is 3.09. The average Bonchev–Trinajstić information content (AvgIpc) is 1.98. The van der Waals surface area contributed by atoms with Crippen molar-refractivity contribution < 1.29 is 8.42 Å². The predicted molar refractivity (Wildman–Crippen MR) is 55.2 cm³/mol. The lowest BCUT2D eigenvalue weighted by molar-refractivity contribution is 0.525. The molecule has 1 unspecified atom stereocenters. The highest BCUT2D eigenvalue weighted by atomic mass is 32.2. The molecule has 0 aromatic carbocycles. The van der Waals surface area contributed by atoms with Gasteiger partial charge in [-0.1, -0.05) is 6.92 Å². The summed E-state index contributed by atoms with van der Waals surface area (Å²) >= 11 is 0. The second-order valence-corrected chi connectivity index (χ2v) is 5.27. The summed E-state index contributed by atoms with van der Waals surface area (Å²) in [5.41, 5.74) is 0. The molecule has 0 saturated carbocycles. The Morgan fingerprint density at radius 2 is 2.15 bits per heavy atom. The van der Waals surface area contributed by atoms with Crippen molar-refractivity contribution >= 4 is 9.84 Å². The molecular formula is C9H17NO2S. The standard InChI is InChI=1S/C9H17NO2S/c1-4-6-7-9(10-5-2)8-13(3,11)12/h1,9-10H,5-8H2,2-3H3. The van der Waals surface area contributed by atoms with E-state index in [1.807, 2.05) is 6.92 Å². The SMILES string of the molecule is C#CCCC(CS(C)(=O)=O)NCC. The number of terminal acetylenes is 1. The molecule has 76 valence electrons. The Labute approximate surface area is 80.8 Å². The Bertz CT molecular complexity index is 264. The van der Waals surface area contributed by atoms with Crippen LogP contribution in [-0.4, -0.2) is 33.0 Å². The van der Waals surface area contributed by atoms with Crippen molar-refractivity contribution in [1.82, 2.24) is 5.32 Å². The van der Waals surface area contributed by atoms with E-state index in [-0.39, 0.29) is 11.8 Å². The van der Waals surface area contributed by atoms with Crippen molar-refractivity contribution in [3.8, 4) is 12.3 Å². The van der Waals surface area contributed by atoms with Gasteiger partial charge in [-0.3, -0.25) is 0 Å². The molecule has 0 spiro atoms. The first kappa shape index (κ1) is 12.5. The lowest BCUT2D eigenvalue weighted by atomic mass is 10.2. The van der Waals surface area contributed by atoms with Gasteiger partial charge in [0.25, 0.3) is 0 Å². The van der Waals surface area contributed by atoms with Crippen LogP contribution < -0.4 is 5.32 Å². The van der Waals surface area contributed by atoms with Gasteiger partial charge in [0.2, 0.25) is 0 Å². The van der Waals surface area contributed by atoms with Crippen LogP contribution in [0.3, 0.4) is 0 Å². The Hall–Kier alpha value is -0.530. The zero-order valence-corrected chi connectivity index (χ0v) is 9.02. The number of sulfone groups is 1.